The van der Waals surface area contributed by atoms with Crippen LogP contribution in [0.15, 0.2) is 30.3 Å². The fourth-order valence-corrected chi connectivity index (χ4v) is 3.11. The SMILES string of the molecule is O=C(Nc1cc([C@H]2CCCCN2)[nH]n1)c1cc2cc(F)ccc2[nH]1. The summed E-state index contributed by atoms with van der Waals surface area (Å²) in [7, 11) is 0. The van der Waals surface area contributed by atoms with Crippen molar-refractivity contribution in [3.05, 3.63) is 47.5 Å². The van der Waals surface area contributed by atoms with Gasteiger partial charge in [0.2, 0.25) is 0 Å². The van der Waals surface area contributed by atoms with Gasteiger partial charge in [0.1, 0.15) is 11.5 Å². The Bertz CT molecular complexity index is 878. The van der Waals surface area contributed by atoms with Gasteiger partial charge in [-0.3, -0.25) is 9.89 Å². The van der Waals surface area contributed by atoms with Crippen molar-refractivity contribution in [2.45, 2.75) is 25.3 Å². The van der Waals surface area contributed by atoms with Crippen LogP contribution in [-0.2, 0) is 0 Å². The third-order valence-corrected chi connectivity index (χ3v) is 4.35. The summed E-state index contributed by atoms with van der Waals surface area (Å²) in [4.78, 5) is 15.3. The van der Waals surface area contributed by atoms with E-state index < -0.39 is 0 Å². The molecule has 0 radical (unpaired) electrons. The Labute approximate surface area is 137 Å². The summed E-state index contributed by atoms with van der Waals surface area (Å²) in [6.07, 6.45) is 3.43. The van der Waals surface area contributed by atoms with Gasteiger partial charge in [-0.25, -0.2) is 4.39 Å². The number of aromatic nitrogens is 3. The van der Waals surface area contributed by atoms with E-state index in [2.05, 4.69) is 25.8 Å². The van der Waals surface area contributed by atoms with Crippen molar-refractivity contribution in [3.63, 3.8) is 0 Å². The summed E-state index contributed by atoms with van der Waals surface area (Å²) in [5.41, 5.74) is 2.07. The van der Waals surface area contributed by atoms with Crippen molar-refractivity contribution < 1.29 is 9.18 Å². The summed E-state index contributed by atoms with van der Waals surface area (Å²) in [5, 5.41) is 14.0. The molecule has 6 nitrogen and oxygen atoms in total. The second kappa shape index (κ2) is 6.09. The first-order chi connectivity index (χ1) is 11.7. The fourth-order valence-electron chi connectivity index (χ4n) is 3.11. The van der Waals surface area contributed by atoms with E-state index in [1.54, 1.807) is 12.1 Å². The number of hydrogen-bond acceptors (Lipinski definition) is 3. The van der Waals surface area contributed by atoms with E-state index in [-0.39, 0.29) is 17.8 Å². The first-order valence-electron chi connectivity index (χ1n) is 8.07. The number of nitrogens with zero attached hydrogens (tertiary/aromatic N) is 1. The van der Waals surface area contributed by atoms with E-state index in [1.807, 2.05) is 6.07 Å². The van der Waals surface area contributed by atoms with E-state index in [9.17, 15) is 9.18 Å². The first kappa shape index (κ1) is 14.9. The van der Waals surface area contributed by atoms with Gasteiger partial charge in [0.15, 0.2) is 5.82 Å². The number of piperidine rings is 1. The molecule has 1 amide bonds. The van der Waals surface area contributed by atoms with Gasteiger partial charge in [-0.1, -0.05) is 6.42 Å². The maximum absolute atomic E-state index is 13.2. The van der Waals surface area contributed by atoms with E-state index in [4.69, 9.17) is 0 Å². The molecule has 124 valence electrons. The molecule has 1 aliphatic heterocycles. The molecule has 0 unspecified atom stereocenters. The summed E-state index contributed by atoms with van der Waals surface area (Å²) in [6.45, 7) is 0.997. The van der Waals surface area contributed by atoms with Crippen LogP contribution < -0.4 is 10.6 Å². The summed E-state index contributed by atoms with van der Waals surface area (Å²) >= 11 is 0. The number of aromatic amines is 2. The van der Waals surface area contributed by atoms with Crippen LogP contribution >= 0.6 is 0 Å². The molecule has 24 heavy (non-hydrogen) atoms. The second-order valence-corrected chi connectivity index (χ2v) is 6.08. The molecule has 7 heteroatoms. The predicted octanol–water partition coefficient (Wildman–Crippen LogP) is 3.10. The van der Waals surface area contributed by atoms with Crippen LogP contribution in [0.5, 0.6) is 0 Å². The molecule has 1 aromatic carbocycles. The number of fused-ring (bicyclic) bond motifs is 1. The highest BCUT2D eigenvalue weighted by Crippen LogP contribution is 2.23. The topological polar surface area (TPSA) is 85.6 Å². The maximum Gasteiger partial charge on any atom is 0.273 e. The Morgan fingerprint density at radius 3 is 3.00 bits per heavy atom. The maximum atomic E-state index is 13.2. The van der Waals surface area contributed by atoms with E-state index in [0.29, 0.717) is 16.9 Å². The Morgan fingerprint density at radius 1 is 1.25 bits per heavy atom. The van der Waals surface area contributed by atoms with Gasteiger partial charge in [-0.15, -0.1) is 0 Å². The molecule has 3 heterocycles. The minimum Gasteiger partial charge on any atom is -0.351 e. The molecule has 4 rings (SSSR count). The quantitative estimate of drug-likeness (QED) is 0.596. The van der Waals surface area contributed by atoms with Crippen LogP contribution in [0.2, 0.25) is 0 Å². The van der Waals surface area contributed by atoms with Gasteiger partial charge in [0, 0.05) is 23.0 Å². The summed E-state index contributed by atoms with van der Waals surface area (Å²) in [5.74, 6) is -0.154. The Morgan fingerprint density at radius 2 is 2.17 bits per heavy atom. The molecule has 1 saturated heterocycles. The number of carbonyl (C=O) groups excluding carboxylic acids is 1. The average molecular weight is 327 g/mol. The molecule has 1 atom stereocenters. The lowest BCUT2D eigenvalue weighted by atomic mass is 10.0. The molecule has 2 aromatic heterocycles. The van der Waals surface area contributed by atoms with E-state index in [0.717, 1.165) is 24.2 Å². The largest absolute Gasteiger partial charge is 0.351 e. The lowest BCUT2D eigenvalue weighted by Gasteiger charge is -2.21. The van der Waals surface area contributed by atoms with Gasteiger partial charge in [-0.05, 0) is 43.7 Å². The fraction of sp³-hybridized carbons (Fsp3) is 0.294. The Hall–Kier alpha value is -2.67. The summed E-state index contributed by atoms with van der Waals surface area (Å²) < 4.78 is 13.2. The molecule has 1 aliphatic rings. The zero-order valence-corrected chi connectivity index (χ0v) is 13.0. The van der Waals surface area contributed by atoms with Gasteiger partial charge >= 0.3 is 0 Å². The second-order valence-electron chi connectivity index (χ2n) is 6.08. The van der Waals surface area contributed by atoms with Gasteiger partial charge in [0.05, 0.1) is 5.69 Å². The number of amides is 1. The first-order valence-corrected chi connectivity index (χ1v) is 8.07. The lowest BCUT2D eigenvalue weighted by Crippen LogP contribution is -2.26. The molecule has 0 saturated carbocycles. The number of H-pyrrole nitrogens is 2. The number of hydrogen-bond donors (Lipinski definition) is 4. The molecular weight excluding hydrogens is 309 g/mol. The van der Waals surface area contributed by atoms with Crippen LogP contribution in [0.4, 0.5) is 10.2 Å². The average Bonchev–Trinajstić information content (AvgIpc) is 3.22. The highest BCUT2D eigenvalue weighted by atomic mass is 19.1. The molecule has 0 aliphatic carbocycles. The van der Waals surface area contributed by atoms with Crippen molar-refractivity contribution >= 4 is 22.6 Å². The van der Waals surface area contributed by atoms with Crippen LogP contribution in [0.3, 0.4) is 0 Å². The number of rotatable bonds is 3. The van der Waals surface area contributed by atoms with Crippen LogP contribution in [0.1, 0.15) is 41.5 Å². The van der Waals surface area contributed by atoms with Crippen molar-refractivity contribution in [2.75, 3.05) is 11.9 Å². The van der Waals surface area contributed by atoms with E-state index >= 15 is 0 Å². The van der Waals surface area contributed by atoms with Crippen LogP contribution in [0, 0.1) is 5.82 Å². The van der Waals surface area contributed by atoms with E-state index in [1.165, 1.54) is 25.0 Å². The summed E-state index contributed by atoms with van der Waals surface area (Å²) in [6, 6.07) is 8.10. The minimum atomic E-state index is -0.328. The van der Waals surface area contributed by atoms with Crippen molar-refractivity contribution in [2.24, 2.45) is 0 Å². The molecule has 1 fully saturated rings. The lowest BCUT2D eigenvalue weighted by molar-refractivity contribution is 0.102. The number of carbonyl (C=O) groups is 1. The number of anilines is 1. The zero-order valence-electron chi connectivity index (χ0n) is 13.0. The highest BCUT2D eigenvalue weighted by Gasteiger charge is 2.18. The van der Waals surface area contributed by atoms with Crippen molar-refractivity contribution in [3.8, 4) is 0 Å². The van der Waals surface area contributed by atoms with Gasteiger partial charge in [-0.2, -0.15) is 5.10 Å². The molecule has 0 spiro atoms. The molecule has 0 bridgehead atoms. The highest BCUT2D eigenvalue weighted by molar-refractivity contribution is 6.05. The standard InChI is InChI=1S/C17H18FN5O/c18-11-4-5-12-10(7-11)8-15(20-12)17(24)21-16-9-14(22-23-16)13-3-1-2-6-19-13/h4-5,7-9,13,19-20H,1-3,6H2,(H2,21,22,23,24)/t13-/m1/s1. The van der Waals surface area contributed by atoms with Gasteiger partial charge < -0.3 is 15.6 Å². The van der Waals surface area contributed by atoms with Crippen LogP contribution in [-0.4, -0.2) is 27.6 Å². The van der Waals surface area contributed by atoms with Gasteiger partial charge in [0.25, 0.3) is 5.91 Å². The third kappa shape index (κ3) is 2.90. The van der Waals surface area contributed by atoms with Crippen LogP contribution in [0.25, 0.3) is 10.9 Å². The minimum absolute atomic E-state index is 0.257. The van der Waals surface area contributed by atoms with Crippen molar-refractivity contribution in [1.82, 2.24) is 20.5 Å². The smallest absolute Gasteiger partial charge is 0.273 e. The number of halogens is 1. The molecule has 4 N–H and O–H groups in total. The third-order valence-electron chi connectivity index (χ3n) is 4.35. The molecular formula is C17H18FN5O. The normalized spacial score (nSPS) is 18.0. The predicted molar refractivity (Wildman–Crippen MR) is 89.4 cm³/mol. The monoisotopic (exact) mass is 327 g/mol. The zero-order chi connectivity index (χ0) is 16.5. The Balaban J connectivity index is 1.49. The number of benzene rings is 1. The molecule has 3 aromatic rings. The van der Waals surface area contributed by atoms with Crippen molar-refractivity contribution in [1.29, 1.82) is 0 Å². The number of nitrogens with one attached hydrogen (secondary N) is 4. The Kier molecular flexibility index (Phi) is 3.78.